The molecule has 0 atom stereocenters. The molecule has 0 heterocycles. The molecule has 3 aromatic rings. The third-order valence-electron chi connectivity index (χ3n) is 4.20. The minimum absolute atomic E-state index is 0.109. The standard InChI is InChI=1S/C24H25N3O3/c1-2-14-30-22-13-7-10-19(16-22)25-17-23(28)26-20-11-6-12-21(15-20)27-24(29)18-8-4-3-5-9-18/h3-13,15-16,25H,2,14,17H2,1H3,(H,26,28)(H,27,29). The highest BCUT2D eigenvalue weighted by atomic mass is 16.5. The summed E-state index contributed by atoms with van der Waals surface area (Å²) in [5.74, 6) is 0.372. The lowest BCUT2D eigenvalue weighted by Crippen LogP contribution is -2.21. The van der Waals surface area contributed by atoms with Gasteiger partial charge >= 0.3 is 0 Å². The van der Waals surface area contributed by atoms with Crippen LogP contribution in [0.15, 0.2) is 78.9 Å². The number of carbonyl (C=O) groups is 2. The Hall–Kier alpha value is -3.80. The van der Waals surface area contributed by atoms with Gasteiger partial charge in [0.1, 0.15) is 5.75 Å². The molecule has 0 aliphatic heterocycles. The van der Waals surface area contributed by atoms with E-state index in [1.165, 1.54) is 0 Å². The summed E-state index contributed by atoms with van der Waals surface area (Å²) >= 11 is 0. The molecule has 0 saturated heterocycles. The van der Waals surface area contributed by atoms with Gasteiger partial charge in [-0.3, -0.25) is 9.59 Å². The predicted molar refractivity (Wildman–Crippen MR) is 120 cm³/mol. The number of anilines is 3. The van der Waals surface area contributed by atoms with E-state index in [1.54, 1.807) is 36.4 Å². The number of carbonyl (C=O) groups excluding carboxylic acids is 2. The first-order valence-corrected chi connectivity index (χ1v) is 9.87. The van der Waals surface area contributed by atoms with Gasteiger partial charge in [0.2, 0.25) is 5.91 Å². The molecule has 0 radical (unpaired) electrons. The number of ether oxygens (including phenoxy) is 1. The van der Waals surface area contributed by atoms with E-state index >= 15 is 0 Å². The second-order valence-electron chi connectivity index (χ2n) is 6.68. The summed E-state index contributed by atoms with van der Waals surface area (Å²) in [6.07, 6.45) is 0.935. The number of hydrogen-bond acceptors (Lipinski definition) is 4. The van der Waals surface area contributed by atoms with Crippen LogP contribution in [0.5, 0.6) is 5.75 Å². The molecule has 0 unspecified atom stereocenters. The van der Waals surface area contributed by atoms with Gasteiger partial charge in [0, 0.05) is 28.7 Å². The highest BCUT2D eigenvalue weighted by Crippen LogP contribution is 2.18. The van der Waals surface area contributed by atoms with E-state index in [2.05, 4.69) is 22.9 Å². The average Bonchev–Trinajstić information content (AvgIpc) is 2.77. The molecule has 0 aliphatic carbocycles. The summed E-state index contributed by atoms with van der Waals surface area (Å²) in [5.41, 5.74) is 2.59. The highest BCUT2D eigenvalue weighted by Gasteiger charge is 2.07. The van der Waals surface area contributed by atoms with Crippen LogP contribution in [0.3, 0.4) is 0 Å². The lowest BCUT2D eigenvalue weighted by Gasteiger charge is -2.11. The molecule has 0 aromatic heterocycles. The van der Waals surface area contributed by atoms with Crippen molar-refractivity contribution in [2.75, 3.05) is 29.1 Å². The van der Waals surface area contributed by atoms with Crippen molar-refractivity contribution in [1.82, 2.24) is 0 Å². The van der Waals surface area contributed by atoms with Crippen LogP contribution in [0.2, 0.25) is 0 Å². The van der Waals surface area contributed by atoms with Crippen LogP contribution in [-0.2, 0) is 4.79 Å². The maximum atomic E-state index is 12.3. The monoisotopic (exact) mass is 403 g/mol. The summed E-state index contributed by atoms with van der Waals surface area (Å²) in [4.78, 5) is 24.6. The fourth-order valence-corrected chi connectivity index (χ4v) is 2.77. The molecule has 6 heteroatoms. The van der Waals surface area contributed by atoms with E-state index in [9.17, 15) is 9.59 Å². The zero-order chi connectivity index (χ0) is 21.2. The van der Waals surface area contributed by atoms with E-state index in [-0.39, 0.29) is 18.4 Å². The van der Waals surface area contributed by atoms with Crippen molar-refractivity contribution in [3.8, 4) is 5.75 Å². The molecule has 0 bridgehead atoms. The van der Waals surface area contributed by atoms with Gasteiger partial charge in [0.05, 0.1) is 13.2 Å². The van der Waals surface area contributed by atoms with Gasteiger partial charge in [-0.25, -0.2) is 0 Å². The minimum atomic E-state index is -0.203. The molecule has 154 valence electrons. The van der Waals surface area contributed by atoms with Crippen molar-refractivity contribution in [2.45, 2.75) is 13.3 Å². The van der Waals surface area contributed by atoms with Crippen LogP contribution < -0.4 is 20.7 Å². The number of nitrogens with one attached hydrogen (secondary N) is 3. The fraction of sp³-hybridized carbons (Fsp3) is 0.167. The topological polar surface area (TPSA) is 79.5 Å². The summed E-state index contributed by atoms with van der Waals surface area (Å²) in [7, 11) is 0. The maximum Gasteiger partial charge on any atom is 0.255 e. The molecular weight excluding hydrogens is 378 g/mol. The Morgan fingerprint density at radius 2 is 1.50 bits per heavy atom. The van der Waals surface area contributed by atoms with E-state index in [0.29, 0.717) is 23.5 Å². The van der Waals surface area contributed by atoms with Gasteiger partial charge in [-0.15, -0.1) is 0 Å². The Morgan fingerprint density at radius 3 is 2.27 bits per heavy atom. The maximum absolute atomic E-state index is 12.3. The second kappa shape index (κ2) is 10.7. The molecule has 3 N–H and O–H groups in total. The van der Waals surface area contributed by atoms with Crippen molar-refractivity contribution in [3.63, 3.8) is 0 Å². The summed E-state index contributed by atoms with van der Waals surface area (Å²) in [6.45, 7) is 2.81. The SMILES string of the molecule is CCCOc1cccc(NCC(=O)Nc2cccc(NC(=O)c3ccccc3)c2)c1. The van der Waals surface area contributed by atoms with E-state index < -0.39 is 0 Å². The summed E-state index contributed by atoms with van der Waals surface area (Å²) < 4.78 is 5.60. The largest absolute Gasteiger partial charge is 0.494 e. The van der Waals surface area contributed by atoms with Gasteiger partial charge in [-0.05, 0) is 48.9 Å². The third kappa shape index (κ3) is 6.38. The Morgan fingerprint density at radius 1 is 0.800 bits per heavy atom. The van der Waals surface area contributed by atoms with Crippen LogP contribution in [0.1, 0.15) is 23.7 Å². The molecule has 0 spiro atoms. The van der Waals surface area contributed by atoms with E-state index in [1.807, 2.05) is 42.5 Å². The van der Waals surface area contributed by atoms with Gasteiger partial charge in [-0.2, -0.15) is 0 Å². The Balaban J connectivity index is 1.53. The molecule has 2 amide bonds. The van der Waals surface area contributed by atoms with Gasteiger partial charge < -0.3 is 20.7 Å². The number of hydrogen-bond donors (Lipinski definition) is 3. The number of benzene rings is 3. The molecule has 6 nitrogen and oxygen atoms in total. The average molecular weight is 403 g/mol. The van der Waals surface area contributed by atoms with Crippen molar-refractivity contribution in [1.29, 1.82) is 0 Å². The fourth-order valence-electron chi connectivity index (χ4n) is 2.77. The van der Waals surface area contributed by atoms with E-state index in [0.717, 1.165) is 17.9 Å². The number of amides is 2. The van der Waals surface area contributed by atoms with Gasteiger partial charge in [0.15, 0.2) is 0 Å². The van der Waals surface area contributed by atoms with Crippen molar-refractivity contribution < 1.29 is 14.3 Å². The minimum Gasteiger partial charge on any atom is -0.494 e. The molecule has 3 aromatic carbocycles. The molecule has 3 rings (SSSR count). The first kappa shape index (κ1) is 20.9. The van der Waals surface area contributed by atoms with Crippen LogP contribution in [0.4, 0.5) is 17.1 Å². The zero-order valence-corrected chi connectivity index (χ0v) is 16.9. The number of rotatable bonds is 9. The summed E-state index contributed by atoms with van der Waals surface area (Å²) in [6, 6.07) is 23.5. The Labute approximate surface area is 176 Å². The van der Waals surface area contributed by atoms with E-state index in [4.69, 9.17) is 4.74 Å². The lowest BCUT2D eigenvalue weighted by molar-refractivity contribution is -0.114. The van der Waals surface area contributed by atoms with Crippen LogP contribution in [0, 0.1) is 0 Å². The van der Waals surface area contributed by atoms with Crippen molar-refractivity contribution >= 4 is 28.9 Å². The van der Waals surface area contributed by atoms with Crippen LogP contribution in [0.25, 0.3) is 0 Å². The lowest BCUT2D eigenvalue weighted by atomic mass is 10.2. The van der Waals surface area contributed by atoms with Crippen molar-refractivity contribution in [3.05, 3.63) is 84.4 Å². The Bertz CT molecular complexity index is 990. The molecule has 0 saturated carbocycles. The highest BCUT2D eigenvalue weighted by molar-refractivity contribution is 6.04. The molecule has 0 aliphatic rings. The Kier molecular flexibility index (Phi) is 7.44. The third-order valence-corrected chi connectivity index (χ3v) is 4.20. The molecular formula is C24H25N3O3. The second-order valence-corrected chi connectivity index (χ2v) is 6.68. The molecule has 30 heavy (non-hydrogen) atoms. The van der Waals surface area contributed by atoms with Crippen molar-refractivity contribution in [2.24, 2.45) is 0 Å². The van der Waals surface area contributed by atoms with Gasteiger partial charge in [0.25, 0.3) is 5.91 Å². The smallest absolute Gasteiger partial charge is 0.255 e. The van der Waals surface area contributed by atoms with Crippen LogP contribution >= 0.6 is 0 Å². The normalized spacial score (nSPS) is 10.2. The quantitative estimate of drug-likeness (QED) is 0.480. The zero-order valence-electron chi connectivity index (χ0n) is 16.9. The van der Waals surface area contributed by atoms with Crippen LogP contribution in [-0.4, -0.2) is 25.0 Å². The van der Waals surface area contributed by atoms with Gasteiger partial charge in [-0.1, -0.05) is 37.3 Å². The predicted octanol–water partition coefficient (Wildman–Crippen LogP) is 4.78. The first-order valence-electron chi connectivity index (χ1n) is 9.87. The first-order chi connectivity index (χ1) is 14.6. The molecule has 0 fully saturated rings. The summed E-state index contributed by atoms with van der Waals surface area (Å²) in [5, 5.41) is 8.75.